The summed E-state index contributed by atoms with van der Waals surface area (Å²) in [6.45, 7) is 5.25. The van der Waals surface area contributed by atoms with E-state index in [2.05, 4.69) is 20.4 Å². The third-order valence-electron chi connectivity index (χ3n) is 7.54. The Labute approximate surface area is 189 Å². The molecule has 3 amide bonds. The van der Waals surface area contributed by atoms with Gasteiger partial charge in [-0.2, -0.15) is 0 Å². The molecule has 8 nitrogen and oxygen atoms in total. The second-order valence-corrected chi connectivity index (χ2v) is 9.71. The smallest absolute Gasteiger partial charge is 0.250 e. The predicted octanol–water partition coefficient (Wildman–Crippen LogP) is 1.57. The minimum Gasteiger partial charge on any atom is -0.352 e. The van der Waals surface area contributed by atoms with E-state index in [1.54, 1.807) is 4.90 Å². The number of hydrogen-bond acceptors (Lipinski definition) is 5. The van der Waals surface area contributed by atoms with Gasteiger partial charge in [0.05, 0.1) is 24.0 Å². The molecule has 1 aromatic carbocycles. The van der Waals surface area contributed by atoms with Crippen LogP contribution in [0.4, 0.5) is 11.4 Å². The van der Waals surface area contributed by atoms with E-state index < -0.39 is 5.54 Å². The van der Waals surface area contributed by atoms with Gasteiger partial charge in [0.25, 0.3) is 5.91 Å². The maximum Gasteiger partial charge on any atom is 0.250 e. The third kappa shape index (κ3) is 3.90. The van der Waals surface area contributed by atoms with Crippen molar-refractivity contribution < 1.29 is 14.4 Å². The fourth-order valence-electron chi connectivity index (χ4n) is 5.41. The number of anilines is 2. The van der Waals surface area contributed by atoms with Gasteiger partial charge in [0.15, 0.2) is 0 Å². The highest BCUT2D eigenvalue weighted by molar-refractivity contribution is 6.15. The van der Waals surface area contributed by atoms with Gasteiger partial charge in [-0.15, -0.1) is 0 Å². The molecule has 0 radical (unpaired) electrons. The maximum atomic E-state index is 13.6. The van der Waals surface area contributed by atoms with Crippen molar-refractivity contribution in [2.45, 2.75) is 63.1 Å². The van der Waals surface area contributed by atoms with Crippen molar-refractivity contribution in [3.63, 3.8) is 0 Å². The topological polar surface area (TPSA) is 85.0 Å². The van der Waals surface area contributed by atoms with Crippen LogP contribution >= 0.6 is 0 Å². The van der Waals surface area contributed by atoms with Gasteiger partial charge in [-0.3, -0.25) is 29.1 Å². The van der Waals surface area contributed by atoms with Gasteiger partial charge in [0.2, 0.25) is 11.8 Å². The van der Waals surface area contributed by atoms with E-state index >= 15 is 0 Å². The molecule has 5 rings (SSSR count). The van der Waals surface area contributed by atoms with Crippen molar-refractivity contribution in [3.05, 3.63) is 24.3 Å². The number of nitrogens with one attached hydrogen (secondary N) is 2. The summed E-state index contributed by atoms with van der Waals surface area (Å²) in [5.41, 5.74) is 0.759. The minimum absolute atomic E-state index is 0.0119. The molecule has 8 heteroatoms. The quantitative estimate of drug-likeness (QED) is 0.728. The number of amides is 3. The first-order chi connectivity index (χ1) is 15.5. The zero-order chi connectivity index (χ0) is 22.3. The van der Waals surface area contributed by atoms with Crippen molar-refractivity contribution in [1.82, 2.24) is 15.1 Å². The fourth-order valence-corrected chi connectivity index (χ4v) is 5.41. The van der Waals surface area contributed by atoms with Gasteiger partial charge < -0.3 is 10.6 Å². The zero-order valence-electron chi connectivity index (χ0n) is 18.8. The van der Waals surface area contributed by atoms with Crippen LogP contribution in [0.25, 0.3) is 0 Å². The van der Waals surface area contributed by atoms with Gasteiger partial charge in [-0.05, 0) is 44.7 Å². The van der Waals surface area contributed by atoms with Crippen LogP contribution in [0.3, 0.4) is 0 Å². The lowest BCUT2D eigenvalue weighted by Gasteiger charge is -2.45. The molecule has 0 aromatic heterocycles. The summed E-state index contributed by atoms with van der Waals surface area (Å²) >= 11 is 0. The summed E-state index contributed by atoms with van der Waals surface area (Å²) in [6.07, 6.45) is 5.51. The van der Waals surface area contributed by atoms with Gasteiger partial charge in [0, 0.05) is 32.2 Å². The highest BCUT2D eigenvalue weighted by Gasteiger charge is 2.52. The monoisotopic (exact) mass is 439 g/mol. The van der Waals surface area contributed by atoms with E-state index in [9.17, 15) is 14.4 Å². The first-order valence-corrected chi connectivity index (χ1v) is 12.0. The molecule has 1 atom stereocenters. The summed E-state index contributed by atoms with van der Waals surface area (Å²) in [7, 11) is 0. The van der Waals surface area contributed by atoms with Gasteiger partial charge in [0.1, 0.15) is 5.54 Å². The summed E-state index contributed by atoms with van der Waals surface area (Å²) in [6, 6.07) is 7.83. The Hall–Kier alpha value is -2.45. The SMILES string of the molecule is CC(C(=O)NC1CC1)N1CCN(CC(=O)N2c3ccccc3NC(=O)C23CCCC3)CC1. The van der Waals surface area contributed by atoms with E-state index in [1.807, 2.05) is 31.2 Å². The molecule has 1 unspecified atom stereocenters. The normalized spacial score (nSPS) is 24.2. The number of nitrogens with zero attached hydrogens (tertiary/aromatic N) is 3. The average Bonchev–Trinajstić information content (AvgIpc) is 3.48. The Morgan fingerprint density at radius 3 is 2.50 bits per heavy atom. The van der Waals surface area contributed by atoms with Crippen molar-refractivity contribution in [1.29, 1.82) is 0 Å². The third-order valence-corrected chi connectivity index (χ3v) is 7.54. The van der Waals surface area contributed by atoms with Crippen molar-refractivity contribution in [3.8, 4) is 0 Å². The number of para-hydroxylation sites is 2. The zero-order valence-corrected chi connectivity index (χ0v) is 18.8. The van der Waals surface area contributed by atoms with E-state index in [4.69, 9.17) is 0 Å². The lowest BCUT2D eigenvalue weighted by molar-refractivity contribution is -0.129. The molecule has 2 aliphatic heterocycles. The molecule has 2 heterocycles. The molecule has 3 fully saturated rings. The Balaban J connectivity index is 1.25. The minimum atomic E-state index is -0.761. The number of fused-ring (bicyclic) bond motifs is 1. The summed E-state index contributed by atoms with van der Waals surface area (Å²) < 4.78 is 0. The summed E-state index contributed by atoms with van der Waals surface area (Å²) in [5.74, 6) is 0.0423. The molecule has 4 aliphatic rings. The standard InChI is InChI=1S/C24H33N5O3/c1-17(22(31)25-18-8-9-18)28-14-12-27(13-15-28)16-21(30)29-20-7-3-2-6-19(20)26-23(32)24(29)10-4-5-11-24/h2-3,6-7,17-18H,4-5,8-16H2,1H3,(H,25,31)(H,26,32). The first-order valence-electron chi connectivity index (χ1n) is 12.0. The van der Waals surface area contributed by atoms with Crippen LogP contribution in [0, 0.1) is 0 Å². The molecular weight excluding hydrogens is 406 g/mol. The molecule has 2 aliphatic carbocycles. The summed E-state index contributed by atoms with van der Waals surface area (Å²) in [5, 5.41) is 6.12. The number of rotatable bonds is 5. The Morgan fingerprint density at radius 1 is 1.12 bits per heavy atom. The number of carbonyl (C=O) groups is 3. The van der Waals surface area contributed by atoms with E-state index in [0.29, 0.717) is 31.1 Å². The lowest BCUT2D eigenvalue weighted by atomic mass is 9.89. The second-order valence-electron chi connectivity index (χ2n) is 9.71. The number of benzene rings is 1. The molecular formula is C24H33N5O3. The van der Waals surface area contributed by atoms with Crippen LogP contribution in [-0.4, -0.2) is 77.9 Å². The second kappa shape index (κ2) is 8.48. The molecule has 2 N–H and O–H groups in total. The van der Waals surface area contributed by atoms with Crippen LogP contribution in [0.5, 0.6) is 0 Å². The van der Waals surface area contributed by atoms with Crippen LogP contribution in [0.2, 0.25) is 0 Å². The van der Waals surface area contributed by atoms with Crippen molar-refractivity contribution in [2.24, 2.45) is 0 Å². The largest absolute Gasteiger partial charge is 0.352 e. The molecule has 2 saturated carbocycles. The van der Waals surface area contributed by atoms with Gasteiger partial charge >= 0.3 is 0 Å². The highest BCUT2D eigenvalue weighted by atomic mass is 16.2. The van der Waals surface area contributed by atoms with Crippen LogP contribution in [0.1, 0.15) is 45.4 Å². The molecule has 32 heavy (non-hydrogen) atoms. The molecule has 1 aromatic rings. The molecule has 0 bridgehead atoms. The molecule has 1 saturated heterocycles. The van der Waals surface area contributed by atoms with Crippen molar-refractivity contribution in [2.75, 3.05) is 42.9 Å². The Bertz CT molecular complexity index is 901. The molecule has 172 valence electrons. The Morgan fingerprint density at radius 2 is 1.81 bits per heavy atom. The fraction of sp³-hybridized carbons (Fsp3) is 0.625. The van der Waals surface area contributed by atoms with Crippen LogP contribution < -0.4 is 15.5 Å². The lowest BCUT2D eigenvalue weighted by Crippen LogP contribution is -2.63. The van der Waals surface area contributed by atoms with E-state index in [-0.39, 0.29) is 23.8 Å². The summed E-state index contributed by atoms with van der Waals surface area (Å²) in [4.78, 5) is 45.2. The first kappa shape index (κ1) is 21.4. The predicted molar refractivity (Wildman–Crippen MR) is 122 cm³/mol. The number of piperazine rings is 1. The van der Waals surface area contributed by atoms with E-state index in [0.717, 1.165) is 57.5 Å². The van der Waals surface area contributed by atoms with Crippen LogP contribution in [0.15, 0.2) is 24.3 Å². The van der Waals surface area contributed by atoms with Gasteiger partial charge in [-0.25, -0.2) is 0 Å². The number of carbonyl (C=O) groups excluding carboxylic acids is 3. The maximum absolute atomic E-state index is 13.6. The van der Waals surface area contributed by atoms with Gasteiger partial charge in [-0.1, -0.05) is 25.0 Å². The number of hydrogen-bond donors (Lipinski definition) is 2. The Kier molecular flexibility index (Phi) is 5.67. The molecule has 1 spiro atoms. The van der Waals surface area contributed by atoms with Crippen molar-refractivity contribution >= 4 is 29.1 Å². The van der Waals surface area contributed by atoms with Crippen LogP contribution in [-0.2, 0) is 14.4 Å². The van der Waals surface area contributed by atoms with E-state index in [1.165, 1.54) is 0 Å². The highest BCUT2D eigenvalue weighted by Crippen LogP contribution is 2.45. The average molecular weight is 440 g/mol.